The van der Waals surface area contributed by atoms with E-state index in [-0.39, 0.29) is 23.4 Å². The zero-order chi connectivity index (χ0) is 14.7. The van der Waals surface area contributed by atoms with Gasteiger partial charge in [-0.15, -0.1) is 0 Å². The topological polar surface area (TPSA) is 35.2 Å². The van der Waals surface area contributed by atoms with E-state index in [0.29, 0.717) is 11.1 Å². The molecular weight excluding hydrogens is 284 g/mol. The summed E-state index contributed by atoms with van der Waals surface area (Å²) in [7, 11) is 0. The van der Waals surface area contributed by atoms with Crippen LogP contribution in [0.15, 0.2) is 36.4 Å². The highest BCUT2D eigenvalue weighted by atomic mass is 35.5. The molecule has 0 radical (unpaired) electrons. The number of halogens is 3. The van der Waals surface area contributed by atoms with E-state index < -0.39 is 11.6 Å². The minimum absolute atomic E-state index is 0.0428. The summed E-state index contributed by atoms with van der Waals surface area (Å²) in [6.45, 7) is 1.83. The number of ether oxygens (including phenoxy) is 1. The first-order valence-corrected chi connectivity index (χ1v) is 6.47. The van der Waals surface area contributed by atoms with Crippen LogP contribution < -0.4 is 10.5 Å². The number of hydrogen-bond acceptors (Lipinski definition) is 2. The van der Waals surface area contributed by atoms with Crippen molar-refractivity contribution in [2.45, 2.75) is 19.6 Å². The van der Waals surface area contributed by atoms with E-state index in [1.54, 1.807) is 19.1 Å². The summed E-state index contributed by atoms with van der Waals surface area (Å²) in [5, 5.41) is 0.0428. The van der Waals surface area contributed by atoms with E-state index in [2.05, 4.69) is 0 Å². The van der Waals surface area contributed by atoms with Crippen molar-refractivity contribution in [2.75, 3.05) is 0 Å². The first-order valence-electron chi connectivity index (χ1n) is 6.09. The van der Waals surface area contributed by atoms with Crippen molar-refractivity contribution in [3.05, 3.63) is 64.2 Å². The molecule has 0 bridgehead atoms. The van der Waals surface area contributed by atoms with Crippen LogP contribution in [0.25, 0.3) is 0 Å². The summed E-state index contributed by atoms with van der Waals surface area (Å²) < 4.78 is 32.4. The van der Waals surface area contributed by atoms with E-state index in [0.717, 1.165) is 0 Å². The van der Waals surface area contributed by atoms with Crippen molar-refractivity contribution in [2.24, 2.45) is 5.73 Å². The molecule has 0 saturated heterocycles. The van der Waals surface area contributed by atoms with Gasteiger partial charge in [0.2, 0.25) is 0 Å². The summed E-state index contributed by atoms with van der Waals surface area (Å²) in [6.07, 6.45) is 0. The van der Waals surface area contributed by atoms with E-state index in [1.165, 1.54) is 24.3 Å². The highest BCUT2D eigenvalue weighted by Gasteiger charge is 2.08. The van der Waals surface area contributed by atoms with Crippen molar-refractivity contribution in [3.63, 3.8) is 0 Å². The van der Waals surface area contributed by atoms with Gasteiger partial charge in [0.05, 0.1) is 5.02 Å². The Balaban J connectivity index is 2.09. The lowest BCUT2D eigenvalue weighted by atomic mass is 10.1. The van der Waals surface area contributed by atoms with Gasteiger partial charge in [-0.05, 0) is 42.3 Å². The van der Waals surface area contributed by atoms with Crippen molar-refractivity contribution in [1.29, 1.82) is 0 Å². The molecule has 5 heteroatoms. The summed E-state index contributed by atoms with van der Waals surface area (Å²) in [5.74, 6) is -0.917. The highest BCUT2D eigenvalue weighted by Crippen LogP contribution is 2.23. The van der Waals surface area contributed by atoms with Crippen molar-refractivity contribution in [1.82, 2.24) is 0 Å². The van der Waals surface area contributed by atoms with Gasteiger partial charge in [-0.2, -0.15) is 0 Å². The van der Waals surface area contributed by atoms with Crippen molar-refractivity contribution in [3.8, 4) is 5.75 Å². The fourth-order valence-electron chi connectivity index (χ4n) is 1.71. The molecule has 2 N–H and O–H groups in total. The number of nitrogens with two attached hydrogens (primary N) is 1. The maximum atomic E-state index is 13.8. The Labute approximate surface area is 121 Å². The lowest BCUT2D eigenvalue weighted by Gasteiger charge is -2.10. The first-order chi connectivity index (χ1) is 9.47. The molecule has 0 spiro atoms. The smallest absolute Gasteiger partial charge is 0.165 e. The average molecular weight is 298 g/mol. The monoisotopic (exact) mass is 297 g/mol. The minimum Gasteiger partial charge on any atom is -0.486 e. The molecule has 106 valence electrons. The van der Waals surface area contributed by atoms with E-state index in [4.69, 9.17) is 22.1 Å². The Morgan fingerprint density at radius 1 is 1.15 bits per heavy atom. The molecule has 2 aromatic rings. The molecule has 0 aliphatic carbocycles. The molecule has 0 heterocycles. The van der Waals surface area contributed by atoms with Crippen LogP contribution in [-0.2, 0) is 6.61 Å². The Bertz CT molecular complexity index is 617. The lowest BCUT2D eigenvalue weighted by Crippen LogP contribution is -2.06. The van der Waals surface area contributed by atoms with Crippen LogP contribution in [0.5, 0.6) is 5.75 Å². The van der Waals surface area contributed by atoms with Crippen molar-refractivity contribution < 1.29 is 13.5 Å². The van der Waals surface area contributed by atoms with Gasteiger partial charge >= 0.3 is 0 Å². The van der Waals surface area contributed by atoms with Gasteiger partial charge in [0.25, 0.3) is 0 Å². The van der Waals surface area contributed by atoms with Crippen LogP contribution >= 0.6 is 11.6 Å². The Morgan fingerprint density at radius 3 is 2.50 bits per heavy atom. The van der Waals surface area contributed by atoms with Gasteiger partial charge in [0, 0.05) is 6.04 Å². The summed E-state index contributed by atoms with van der Waals surface area (Å²) in [5.41, 5.74) is 6.93. The van der Waals surface area contributed by atoms with Crippen LogP contribution in [-0.4, -0.2) is 0 Å². The third kappa shape index (κ3) is 3.46. The van der Waals surface area contributed by atoms with Crippen LogP contribution in [0.3, 0.4) is 0 Å². The van der Waals surface area contributed by atoms with Gasteiger partial charge < -0.3 is 10.5 Å². The highest BCUT2D eigenvalue weighted by molar-refractivity contribution is 6.30. The first kappa shape index (κ1) is 14.8. The molecule has 2 aromatic carbocycles. The molecule has 0 unspecified atom stereocenters. The molecule has 0 fully saturated rings. The molecule has 0 amide bonds. The lowest BCUT2D eigenvalue weighted by molar-refractivity contribution is 0.289. The third-order valence-electron chi connectivity index (χ3n) is 2.86. The molecule has 0 saturated carbocycles. The number of benzene rings is 2. The zero-order valence-electron chi connectivity index (χ0n) is 10.9. The Morgan fingerprint density at radius 2 is 1.90 bits per heavy atom. The third-order valence-corrected chi connectivity index (χ3v) is 3.17. The van der Waals surface area contributed by atoms with Crippen LogP contribution in [0.4, 0.5) is 8.78 Å². The number of hydrogen-bond donors (Lipinski definition) is 1. The van der Waals surface area contributed by atoms with E-state index in [9.17, 15) is 8.78 Å². The maximum Gasteiger partial charge on any atom is 0.165 e. The maximum absolute atomic E-state index is 13.8. The van der Waals surface area contributed by atoms with Crippen LogP contribution in [0.1, 0.15) is 24.1 Å². The molecule has 1 atom stereocenters. The SMILES string of the molecule is C[C@@H](N)c1ccc(OCc2ccc(Cl)c(F)c2)c(F)c1. The van der Waals surface area contributed by atoms with E-state index >= 15 is 0 Å². The molecular formula is C15H14ClF2NO. The van der Waals surface area contributed by atoms with Crippen molar-refractivity contribution >= 4 is 11.6 Å². The molecule has 2 nitrogen and oxygen atoms in total. The Hall–Kier alpha value is -1.65. The van der Waals surface area contributed by atoms with Gasteiger partial charge in [-0.1, -0.05) is 23.7 Å². The summed E-state index contributed by atoms with van der Waals surface area (Å²) >= 11 is 5.58. The largest absolute Gasteiger partial charge is 0.486 e. The fourth-order valence-corrected chi connectivity index (χ4v) is 1.83. The second kappa shape index (κ2) is 6.20. The second-order valence-electron chi connectivity index (χ2n) is 4.52. The van der Waals surface area contributed by atoms with Crippen LogP contribution in [0.2, 0.25) is 5.02 Å². The van der Waals surface area contributed by atoms with Gasteiger partial charge in [0.15, 0.2) is 11.6 Å². The average Bonchev–Trinajstić information content (AvgIpc) is 2.41. The van der Waals surface area contributed by atoms with Gasteiger partial charge in [-0.3, -0.25) is 0 Å². The van der Waals surface area contributed by atoms with Crippen LogP contribution in [0, 0.1) is 11.6 Å². The Kier molecular flexibility index (Phi) is 4.57. The van der Waals surface area contributed by atoms with Gasteiger partial charge in [0.1, 0.15) is 12.4 Å². The quantitative estimate of drug-likeness (QED) is 0.917. The predicted molar refractivity (Wildman–Crippen MR) is 74.7 cm³/mol. The summed E-state index contributed by atoms with van der Waals surface area (Å²) in [6, 6.07) is 8.62. The fraction of sp³-hybridized carbons (Fsp3) is 0.200. The molecule has 0 aliphatic rings. The zero-order valence-corrected chi connectivity index (χ0v) is 11.6. The predicted octanol–water partition coefficient (Wildman–Crippen LogP) is 4.22. The molecule has 2 rings (SSSR count). The molecule has 20 heavy (non-hydrogen) atoms. The summed E-state index contributed by atoms with van der Waals surface area (Å²) in [4.78, 5) is 0. The standard InChI is InChI=1S/C15H14ClF2NO/c1-9(19)11-3-5-15(14(18)7-11)20-8-10-2-4-12(16)13(17)6-10/h2-7,9H,8,19H2,1H3/t9-/m1/s1. The molecule has 0 aliphatic heterocycles. The normalized spacial score (nSPS) is 12.2. The van der Waals surface area contributed by atoms with Gasteiger partial charge in [-0.25, -0.2) is 8.78 Å². The van der Waals surface area contributed by atoms with E-state index in [1.807, 2.05) is 0 Å². The minimum atomic E-state index is -0.527. The molecule has 0 aromatic heterocycles. The second-order valence-corrected chi connectivity index (χ2v) is 4.92. The number of rotatable bonds is 4.